The normalized spacial score (nSPS) is 12.8. The summed E-state index contributed by atoms with van der Waals surface area (Å²) in [7, 11) is 0. The van der Waals surface area contributed by atoms with E-state index < -0.39 is 36.0 Å². The maximum atomic E-state index is 13.5. The quantitative estimate of drug-likeness (QED) is 0.123. The Morgan fingerprint density at radius 2 is 1.23 bits per heavy atom. The van der Waals surface area contributed by atoms with Crippen molar-refractivity contribution in [2.75, 3.05) is 13.2 Å². The van der Waals surface area contributed by atoms with Crippen LogP contribution >= 0.6 is 0 Å². The van der Waals surface area contributed by atoms with E-state index in [1.165, 1.54) is 0 Å². The third kappa shape index (κ3) is 10.4. The van der Waals surface area contributed by atoms with Gasteiger partial charge in [0.25, 0.3) is 0 Å². The zero-order chi connectivity index (χ0) is 31.1. The topological polar surface area (TPSA) is 114 Å². The highest BCUT2D eigenvalue weighted by atomic mass is 16.6. The number of amides is 1. The van der Waals surface area contributed by atoms with E-state index in [1.54, 1.807) is 6.92 Å². The van der Waals surface area contributed by atoms with Gasteiger partial charge in [-0.25, -0.2) is 0 Å². The van der Waals surface area contributed by atoms with Crippen molar-refractivity contribution < 1.29 is 29.0 Å². The molecule has 0 saturated carbocycles. The fourth-order valence-electron chi connectivity index (χ4n) is 4.81. The second kappa shape index (κ2) is 16.6. The first-order valence-electron chi connectivity index (χ1n) is 14.7. The molecule has 44 heavy (non-hydrogen) atoms. The monoisotopic (exact) mass is 594 g/mol. The number of carbonyl (C=O) groups excluding carboxylic acids is 2. The molecule has 4 rings (SSSR count). The van der Waals surface area contributed by atoms with Crippen molar-refractivity contribution in [2.24, 2.45) is 0 Å². The molecule has 0 spiro atoms. The van der Waals surface area contributed by atoms with E-state index in [-0.39, 0.29) is 26.1 Å². The molecule has 1 unspecified atom stereocenters. The van der Waals surface area contributed by atoms with Gasteiger partial charge in [-0.3, -0.25) is 19.7 Å². The summed E-state index contributed by atoms with van der Waals surface area (Å²) in [5, 5.41) is 15.2. The van der Waals surface area contributed by atoms with Crippen molar-refractivity contribution in [2.45, 2.75) is 44.3 Å². The Balaban J connectivity index is 1.50. The van der Waals surface area contributed by atoms with Gasteiger partial charge in [0.2, 0.25) is 5.91 Å². The van der Waals surface area contributed by atoms with Crippen LogP contribution in [0.3, 0.4) is 0 Å². The number of ether oxygens (including phenoxy) is 2. The third-order valence-corrected chi connectivity index (χ3v) is 7.00. The van der Waals surface area contributed by atoms with Gasteiger partial charge in [0.15, 0.2) is 0 Å². The van der Waals surface area contributed by atoms with Crippen LogP contribution in [-0.2, 0) is 32.0 Å². The van der Waals surface area contributed by atoms with Gasteiger partial charge in [-0.05, 0) is 54.2 Å². The van der Waals surface area contributed by atoms with E-state index in [4.69, 9.17) is 9.47 Å². The summed E-state index contributed by atoms with van der Waals surface area (Å²) in [5.41, 5.74) is 3.90. The Bertz CT molecular complexity index is 1460. The van der Waals surface area contributed by atoms with Crippen LogP contribution in [-0.4, -0.2) is 54.3 Å². The molecule has 1 amide bonds. The van der Waals surface area contributed by atoms with Gasteiger partial charge >= 0.3 is 11.9 Å². The van der Waals surface area contributed by atoms with E-state index in [0.29, 0.717) is 12.2 Å². The van der Waals surface area contributed by atoms with E-state index >= 15 is 0 Å². The molecule has 3 atom stereocenters. The van der Waals surface area contributed by atoms with Crippen molar-refractivity contribution in [1.29, 1.82) is 0 Å². The van der Waals surface area contributed by atoms with Gasteiger partial charge in [0.05, 0.1) is 12.5 Å². The molecule has 0 heterocycles. The number of aliphatic carboxylic acids is 1. The van der Waals surface area contributed by atoms with Crippen molar-refractivity contribution in [3.05, 3.63) is 126 Å². The van der Waals surface area contributed by atoms with Crippen LogP contribution in [0.25, 0.3) is 11.1 Å². The van der Waals surface area contributed by atoms with Crippen LogP contribution in [0.4, 0.5) is 0 Å². The first kappa shape index (κ1) is 32.0. The van der Waals surface area contributed by atoms with Gasteiger partial charge in [-0.15, -0.1) is 0 Å². The van der Waals surface area contributed by atoms with Crippen LogP contribution in [0, 0.1) is 0 Å². The Labute approximate surface area is 258 Å². The predicted molar refractivity (Wildman–Crippen MR) is 169 cm³/mol. The molecular weight excluding hydrogens is 556 g/mol. The molecule has 0 aromatic heterocycles. The summed E-state index contributed by atoms with van der Waals surface area (Å²) in [5.74, 6) is -1.25. The number of rotatable bonds is 16. The third-order valence-electron chi connectivity index (χ3n) is 7.00. The zero-order valence-electron chi connectivity index (χ0n) is 24.7. The lowest BCUT2D eigenvalue weighted by atomic mass is 9.98. The fourth-order valence-corrected chi connectivity index (χ4v) is 4.81. The predicted octanol–water partition coefficient (Wildman–Crippen LogP) is 5.07. The molecular formula is C36H38N2O6. The lowest BCUT2D eigenvalue weighted by molar-refractivity contribution is -0.147. The van der Waals surface area contributed by atoms with Crippen LogP contribution in [0.5, 0.6) is 5.75 Å². The molecule has 0 saturated heterocycles. The number of nitrogens with one attached hydrogen (secondary N) is 2. The van der Waals surface area contributed by atoms with Crippen LogP contribution in [0.1, 0.15) is 24.5 Å². The molecule has 8 nitrogen and oxygen atoms in total. The van der Waals surface area contributed by atoms with E-state index in [2.05, 4.69) is 10.6 Å². The van der Waals surface area contributed by atoms with Crippen molar-refractivity contribution in [3.8, 4) is 16.9 Å². The molecule has 0 radical (unpaired) electrons. The van der Waals surface area contributed by atoms with Gasteiger partial charge in [-0.1, -0.05) is 103 Å². The first-order chi connectivity index (χ1) is 21.4. The number of hydrogen-bond donors (Lipinski definition) is 3. The molecule has 3 N–H and O–H groups in total. The van der Waals surface area contributed by atoms with Crippen molar-refractivity contribution in [1.82, 2.24) is 10.6 Å². The Kier molecular flexibility index (Phi) is 12.1. The number of carbonyl (C=O) groups is 3. The average molecular weight is 595 g/mol. The van der Waals surface area contributed by atoms with Crippen LogP contribution in [0.15, 0.2) is 115 Å². The standard InChI is InChI=1S/C36H38N2O6/c1-26(23-34(39)40)37-35(41)32(24-28-17-19-30(20-18-28)29-13-7-3-8-14-29)38-33(25-27-11-5-2-6-12-27)36(42)44-22-21-43-31-15-9-4-10-16-31/h2-20,26,32-33,38H,21-25H2,1H3,(H,37,41)(H,39,40)/t26-,32+,33?/m1/s1. The number of esters is 1. The summed E-state index contributed by atoms with van der Waals surface area (Å²) >= 11 is 0. The molecule has 4 aromatic rings. The van der Waals surface area contributed by atoms with E-state index in [0.717, 1.165) is 22.3 Å². The lowest BCUT2D eigenvalue weighted by Crippen LogP contribution is -2.54. The first-order valence-corrected chi connectivity index (χ1v) is 14.7. The van der Waals surface area contributed by atoms with Gasteiger partial charge in [0.1, 0.15) is 25.0 Å². The van der Waals surface area contributed by atoms with Gasteiger partial charge in [-0.2, -0.15) is 0 Å². The number of carboxylic acids is 1. The van der Waals surface area contributed by atoms with Crippen molar-refractivity contribution >= 4 is 17.8 Å². The molecule has 0 aliphatic carbocycles. The maximum Gasteiger partial charge on any atom is 0.323 e. The van der Waals surface area contributed by atoms with E-state index in [1.807, 2.05) is 115 Å². The molecule has 0 fully saturated rings. The maximum absolute atomic E-state index is 13.5. The second-order valence-corrected chi connectivity index (χ2v) is 10.6. The largest absolute Gasteiger partial charge is 0.490 e. The fraction of sp³-hybridized carbons (Fsp3) is 0.250. The Morgan fingerprint density at radius 3 is 1.86 bits per heavy atom. The molecule has 0 bridgehead atoms. The summed E-state index contributed by atoms with van der Waals surface area (Å²) in [6.07, 6.45) is 0.345. The highest BCUT2D eigenvalue weighted by Crippen LogP contribution is 2.20. The summed E-state index contributed by atoms with van der Waals surface area (Å²) < 4.78 is 11.3. The van der Waals surface area contributed by atoms with Crippen LogP contribution < -0.4 is 15.4 Å². The number of hydrogen-bond acceptors (Lipinski definition) is 6. The van der Waals surface area contributed by atoms with E-state index in [9.17, 15) is 19.5 Å². The van der Waals surface area contributed by atoms with Gasteiger partial charge < -0.3 is 19.9 Å². The smallest absolute Gasteiger partial charge is 0.323 e. The molecule has 0 aliphatic rings. The zero-order valence-corrected chi connectivity index (χ0v) is 24.7. The van der Waals surface area contributed by atoms with Gasteiger partial charge in [0, 0.05) is 6.04 Å². The highest BCUT2D eigenvalue weighted by molar-refractivity contribution is 5.84. The molecule has 4 aromatic carbocycles. The SMILES string of the molecule is C[C@H](CC(=O)O)NC(=O)[C@H](Cc1ccc(-c2ccccc2)cc1)NC(Cc1ccccc1)C(=O)OCCOc1ccccc1. The summed E-state index contributed by atoms with van der Waals surface area (Å²) in [6, 6.07) is 34.3. The minimum absolute atomic E-state index is 0.0359. The van der Waals surface area contributed by atoms with Crippen molar-refractivity contribution in [3.63, 3.8) is 0 Å². The lowest BCUT2D eigenvalue weighted by Gasteiger charge is -2.26. The van der Waals surface area contributed by atoms with Crippen LogP contribution in [0.2, 0.25) is 0 Å². The Hall–Kier alpha value is -4.95. The molecule has 8 heteroatoms. The summed E-state index contributed by atoms with van der Waals surface area (Å²) in [4.78, 5) is 38.2. The average Bonchev–Trinajstić information content (AvgIpc) is 3.03. The minimum Gasteiger partial charge on any atom is -0.490 e. The number of para-hydroxylation sites is 1. The molecule has 0 aliphatic heterocycles. The Morgan fingerprint density at radius 1 is 0.682 bits per heavy atom. The number of benzene rings is 4. The minimum atomic E-state index is -1.01. The molecule has 228 valence electrons. The highest BCUT2D eigenvalue weighted by Gasteiger charge is 2.29. The number of carboxylic acid groups (broad SMARTS) is 1. The second-order valence-electron chi connectivity index (χ2n) is 10.6. The summed E-state index contributed by atoms with van der Waals surface area (Å²) in [6.45, 7) is 1.85.